The second-order valence-electron chi connectivity index (χ2n) is 12.0. The number of nitrogens with one attached hydrogen (secondary N) is 2. The Morgan fingerprint density at radius 1 is 0.732 bits per heavy atom. The molecule has 41 heavy (non-hydrogen) atoms. The molecule has 0 saturated carbocycles. The highest BCUT2D eigenvalue weighted by Crippen LogP contribution is 2.41. The van der Waals surface area contributed by atoms with Crippen LogP contribution in [0.4, 0.5) is 10.0 Å². The third kappa shape index (κ3) is 7.77. The summed E-state index contributed by atoms with van der Waals surface area (Å²) in [4.78, 5) is 53.9. The fourth-order valence-corrected chi connectivity index (χ4v) is 8.27. The maximum atomic E-state index is 12.9. The van der Waals surface area contributed by atoms with Crippen molar-refractivity contribution in [1.82, 2.24) is 0 Å². The number of thiophene rings is 2. The van der Waals surface area contributed by atoms with Crippen molar-refractivity contribution in [3.8, 4) is 0 Å². The largest absolute Gasteiger partial charge is 0.459 e. The molecule has 0 aromatic carbocycles. The topological polar surface area (TPSA) is 111 Å². The van der Waals surface area contributed by atoms with Crippen molar-refractivity contribution in [1.29, 1.82) is 0 Å². The Labute approximate surface area is 250 Å². The maximum absolute atomic E-state index is 12.9. The zero-order valence-electron chi connectivity index (χ0n) is 24.9. The van der Waals surface area contributed by atoms with Crippen molar-refractivity contribution in [3.63, 3.8) is 0 Å². The Bertz CT molecular complexity index is 1210. The van der Waals surface area contributed by atoms with Gasteiger partial charge in [-0.1, -0.05) is 13.8 Å². The lowest BCUT2D eigenvalue weighted by Gasteiger charge is -2.19. The van der Waals surface area contributed by atoms with Crippen LogP contribution < -0.4 is 10.6 Å². The maximum Gasteiger partial charge on any atom is 0.341 e. The predicted octanol–water partition coefficient (Wildman–Crippen LogP) is 6.94. The molecule has 2 unspecified atom stereocenters. The summed E-state index contributed by atoms with van der Waals surface area (Å²) in [6, 6.07) is 0. The van der Waals surface area contributed by atoms with E-state index in [9.17, 15) is 19.2 Å². The Balaban J connectivity index is 1.38. The zero-order valence-corrected chi connectivity index (χ0v) is 26.6. The summed E-state index contributed by atoms with van der Waals surface area (Å²) in [5.41, 5.74) is 2.95. The summed E-state index contributed by atoms with van der Waals surface area (Å²) in [7, 11) is 0. The van der Waals surface area contributed by atoms with Gasteiger partial charge in [-0.25, -0.2) is 9.59 Å². The van der Waals surface area contributed by atoms with Gasteiger partial charge in [-0.3, -0.25) is 9.59 Å². The van der Waals surface area contributed by atoms with E-state index in [0.29, 0.717) is 39.4 Å². The monoisotopic (exact) mass is 602 g/mol. The van der Waals surface area contributed by atoms with Crippen molar-refractivity contribution in [2.24, 2.45) is 11.8 Å². The van der Waals surface area contributed by atoms with E-state index in [-0.39, 0.29) is 36.9 Å². The number of rotatable bonds is 10. The lowest BCUT2D eigenvalue weighted by Crippen LogP contribution is -2.19. The molecule has 2 aliphatic rings. The summed E-state index contributed by atoms with van der Waals surface area (Å²) < 4.78 is 11.0. The molecular weight excluding hydrogens is 560 g/mol. The van der Waals surface area contributed by atoms with Gasteiger partial charge < -0.3 is 20.1 Å². The molecule has 4 rings (SSSR count). The van der Waals surface area contributed by atoms with Crippen LogP contribution in [0.5, 0.6) is 0 Å². The molecule has 0 radical (unpaired) electrons. The van der Waals surface area contributed by atoms with E-state index in [2.05, 4.69) is 24.5 Å². The minimum Gasteiger partial charge on any atom is -0.459 e. The van der Waals surface area contributed by atoms with Crippen LogP contribution >= 0.6 is 22.7 Å². The van der Waals surface area contributed by atoms with Crippen LogP contribution in [-0.4, -0.2) is 36.0 Å². The molecule has 224 valence electrons. The molecule has 2 N–H and O–H groups in total. The Kier molecular flexibility index (Phi) is 10.3. The highest BCUT2D eigenvalue weighted by Gasteiger charge is 2.31. The Morgan fingerprint density at radius 3 is 1.49 bits per heavy atom. The molecular formula is C31H42N2O6S2. The first-order chi connectivity index (χ1) is 19.4. The first kappa shape index (κ1) is 31.2. The number of esters is 2. The van der Waals surface area contributed by atoms with Gasteiger partial charge in [0.1, 0.15) is 10.0 Å². The molecule has 0 bridgehead atoms. The number of anilines is 2. The van der Waals surface area contributed by atoms with Gasteiger partial charge in [-0.2, -0.15) is 0 Å². The Morgan fingerprint density at radius 2 is 1.12 bits per heavy atom. The average Bonchev–Trinajstić information content (AvgIpc) is 3.39. The smallest absolute Gasteiger partial charge is 0.341 e. The van der Waals surface area contributed by atoms with Crippen LogP contribution in [0.3, 0.4) is 0 Å². The minimum absolute atomic E-state index is 0.131. The summed E-state index contributed by atoms with van der Waals surface area (Å²) in [6.45, 7) is 11.6. The van der Waals surface area contributed by atoms with E-state index in [1.165, 1.54) is 22.7 Å². The van der Waals surface area contributed by atoms with E-state index in [1.807, 2.05) is 27.7 Å². The van der Waals surface area contributed by atoms with E-state index >= 15 is 0 Å². The predicted molar refractivity (Wildman–Crippen MR) is 163 cm³/mol. The van der Waals surface area contributed by atoms with Gasteiger partial charge in [0.05, 0.1) is 23.3 Å². The van der Waals surface area contributed by atoms with Crippen molar-refractivity contribution >= 4 is 56.4 Å². The van der Waals surface area contributed by atoms with E-state index in [1.54, 1.807) is 0 Å². The second-order valence-corrected chi connectivity index (χ2v) is 14.2. The number of carbonyl (C=O) groups is 4. The molecule has 10 heteroatoms. The zero-order chi connectivity index (χ0) is 29.8. The summed E-state index contributed by atoms with van der Waals surface area (Å²) in [6.07, 6.45) is 5.43. The van der Waals surface area contributed by atoms with Gasteiger partial charge in [-0.15, -0.1) is 22.7 Å². The van der Waals surface area contributed by atoms with Crippen LogP contribution in [-0.2, 0) is 44.7 Å². The molecule has 2 heterocycles. The van der Waals surface area contributed by atoms with Crippen LogP contribution in [0, 0.1) is 11.8 Å². The van der Waals surface area contributed by atoms with Crippen molar-refractivity contribution in [2.45, 2.75) is 112 Å². The molecule has 8 nitrogen and oxygen atoms in total. The third-order valence-electron chi connectivity index (χ3n) is 7.43. The minimum atomic E-state index is -0.401. The summed E-state index contributed by atoms with van der Waals surface area (Å²) >= 11 is 2.92. The molecule has 2 aromatic heterocycles. The summed E-state index contributed by atoms with van der Waals surface area (Å²) in [5, 5.41) is 6.93. The van der Waals surface area contributed by atoms with Gasteiger partial charge in [0, 0.05) is 22.6 Å². The second kappa shape index (κ2) is 13.5. The average molecular weight is 603 g/mol. The SMILES string of the molecule is CC1CCc2c(sc(NC(=O)CCCC(=O)Nc3sc4c(c3C(=O)OC(C)C)CCC(C)C4)c2C(=O)OC(C)C)C1. The Hall–Kier alpha value is -2.72. The lowest BCUT2D eigenvalue weighted by atomic mass is 9.88. The van der Waals surface area contributed by atoms with Gasteiger partial charge in [0.25, 0.3) is 0 Å². The number of hydrogen-bond acceptors (Lipinski definition) is 8. The molecule has 2 atom stereocenters. The van der Waals surface area contributed by atoms with Gasteiger partial charge in [0.15, 0.2) is 0 Å². The molecule has 0 fully saturated rings. The van der Waals surface area contributed by atoms with Crippen LogP contribution in [0.15, 0.2) is 0 Å². The van der Waals surface area contributed by atoms with Crippen molar-refractivity contribution in [3.05, 3.63) is 32.0 Å². The van der Waals surface area contributed by atoms with Crippen molar-refractivity contribution < 1.29 is 28.7 Å². The third-order valence-corrected chi connectivity index (χ3v) is 9.77. The first-order valence-electron chi connectivity index (χ1n) is 14.7. The number of ether oxygens (including phenoxy) is 2. The number of carbonyl (C=O) groups excluding carboxylic acids is 4. The van der Waals surface area contributed by atoms with Gasteiger partial charge >= 0.3 is 11.9 Å². The molecule has 0 aliphatic heterocycles. The van der Waals surface area contributed by atoms with E-state index in [0.717, 1.165) is 59.4 Å². The van der Waals surface area contributed by atoms with E-state index < -0.39 is 11.9 Å². The van der Waals surface area contributed by atoms with Crippen LogP contribution in [0.25, 0.3) is 0 Å². The standard InChI is InChI=1S/C31H42N2O6S2/c1-16(2)38-30(36)26-20-12-10-18(5)14-22(20)40-28(26)32-24(34)8-7-9-25(35)33-29-27(31(37)39-17(3)4)21-13-11-19(6)15-23(21)41-29/h16-19H,7-15H2,1-6H3,(H,32,34)(H,33,35). The number of hydrogen-bond donors (Lipinski definition) is 2. The number of fused-ring (bicyclic) bond motifs is 2. The molecule has 2 aliphatic carbocycles. The fraction of sp³-hybridized carbons (Fsp3) is 0.613. The van der Waals surface area contributed by atoms with E-state index in [4.69, 9.17) is 9.47 Å². The van der Waals surface area contributed by atoms with Crippen LogP contribution in [0.2, 0.25) is 0 Å². The van der Waals surface area contributed by atoms with Gasteiger partial charge in [-0.05, 0) is 95.6 Å². The molecule has 2 amide bonds. The number of amides is 2. The molecule has 0 saturated heterocycles. The fourth-order valence-electron chi connectivity index (χ4n) is 5.44. The quantitative estimate of drug-likeness (QED) is 0.285. The lowest BCUT2D eigenvalue weighted by molar-refractivity contribution is -0.117. The highest BCUT2D eigenvalue weighted by atomic mass is 32.1. The molecule has 0 spiro atoms. The van der Waals surface area contributed by atoms with Crippen LogP contribution in [0.1, 0.15) is 115 Å². The molecule has 2 aromatic rings. The summed E-state index contributed by atoms with van der Waals surface area (Å²) in [5.74, 6) is -0.234. The normalized spacial score (nSPS) is 18.0. The first-order valence-corrected chi connectivity index (χ1v) is 16.4. The van der Waals surface area contributed by atoms with Gasteiger partial charge in [0.2, 0.25) is 11.8 Å². The highest BCUT2D eigenvalue weighted by molar-refractivity contribution is 7.17. The van der Waals surface area contributed by atoms with Crippen molar-refractivity contribution in [2.75, 3.05) is 10.6 Å².